The molecule has 1 saturated heterocycles. The molecule has 5 heteroatoms. The molecule has 1 heterocycles. The Kier molecular flexibility index (Phi) is 6.99. The Hall–Kier alpha value is -1.10. The van der Waals surface area contributed by atoms with Crippen LogP contribution in [0.2, 0.25) is 0 Å². The molecular weight excluding hydrogens is 279 g/mol. The summed E-state index contributed by atoms with van der Waals surface area (Å²) >= 11 is 0. The molecule has 1 atom stereocenters. The van der Waals surface area contributed by atoms with Gasteiger partial charge in [0, 0.05) is 37.8 Å². The highest BCUT2D eigenvalue weighted by atomic mass is 35.5. The van der Waals surface area contributed by atoms with Crippen LogP contribution in [0.25, 0.3) is 0 Å². The van der Waals surface area contributed by atoms with Gasteiger partial charge in [0.25, 0.3) is 0 Å². The van der Waals surface area contributed by atoms with Crippen molar-refractivity contribution in [3.8, 4) is 5.75 Å². The zero-order chi connectivity index (χ0) is 13.7. The van der Waals surface area contributed by atoms with Crippen molar-refractivity contribution < 1.29 is 9.13 Å². The molecule has 2 rings (SSSR count). The van der Waals surface area contributed by atoms with E-state index in [1.807, 2.05) is 18.2 Å². The molecule has 1 aromatic rings. The van der Waals surface area contributed by atoms with Gasteiger partial charge in [0.05, 0.1) is 7.11 Å². The topological polar surface area (TPSA) is 24.5 Å². The second-order valence-electron chi connectivity index (χ2n) is 4.69. The first kappa shape index (κ1) is 17.0. The molecule has 1 fully saturated rings. The Morgan fingerprint density at radius 2 is 2.15 bits per heavy atom. The number of hydrogen-bond acceptors (Lipinski definition) is 3. The van der Waals surface area contributed by atoms with Gasteiger partial charge in [-0.2, -0.15) is 0 Å². The smallest absolute Gasteiger partial charge is 0.169 e. The molecule has 0 spiro atoms. The van der Waals surface area contributed by atoms with E-state index in [1.54, 1.807) is 6.07 Å². The number of nitrogens with one attached hydrogen (secondary N) is 1. The Bertz CT molecular complexity index is 436. The molecule has 1 aliphatic rings. The molecule has 0 bridgehead atoms. The standard InChI is InChI=1S/C15H21FN2O.ClH/c1-3-5-13(18-10-8-17-9-11-18)12-6-4-7-14(19-2)15(12)16;/h3-4,6-7,13,17H,1,5,8-11H2,2H3;1H/t13-;/m0./s1. The highest BCUT2D eigenvalue weighted by molar-refractivity contribution is 5.85. The minimum absolute atomic E-state index is 0. The van der Waals surface area contributed by atoms with Crippen molar-refractivity contribution >= 4 is 12.4 Å². The molecule has 0 aliphatic carbocycles. The van der Waals surface area contributed by atoms with Crippen molar-refractivity contribution in [2.45, 2.75) is 12.5 Å². The predicted octanol–water partition coefficient (Wildman–Crippen LogP) is 2.78. The van der Waals surface area contributed by atoms with E-state index in [9.17, 15) is 4.39 Å². The second-order valence-corrected chi connectivity index (χ2v) is 4.69. The summed E-state index contributed by atoms with van der Waals surface area (Å²) < 4.78 is 19.5. The summed E-state index contributed by atoms with van der Waals surface area (Å²) in [6, 6.07) is 5.38. The number of benzene rings is 1. The first-order chi connectivity index (χ1) is 9.27. The van der Waals surface area contributed by atoms with Crippen molar-refractivity contribution in [1.29, 1.82) is 0 Å². The fourth-order valence-corrected chi connectivity index (χ4v) is 2.57. The summed E-state index contributed by atoms with van der Waals surface area (Å²) in [5.41, 5.74) is 0.696. The molecular formula is C15H22ClFN2O. The SMILES string of the molecule is C=CC[C@@H](c1cccc(OC)c1F)N1CCNCC1.Cl. The van der Waals surface area contributed by atoms with Gasteiger partial charge in [-0.05, 0) is 12.5 Å². The maximum absolute atomic E-state index is 14.4. The average molecular weight is 301 g/mol. The zero-order valence-electron chi connectivity index (χ0n) is 11.8. The van der Waals surface area contributed by atoms with Gasteiger partial charge >= 0.3 is 0 Å². The van der Waals surface area contributed by atoms with Crippen LogP contribution in [0.3, 0.4) is 0 Å². The maximum atomic E-state index is 14.4. The lowest BCUT2D eigenvalue weighted by atomic mass is 10.00. The van der Waals surface area contributed by atoms with E-state index in [1.165, 1.54) is 7.11 Å². The largest absolute Gasteiger partial charge is 0.494 e. The van der Waals surface area contributed by atoms with Crippen LogP contribution in [-0.4, -0.2) is 38.2 Å². The van der Waals surface area contributed by atoms with Gasteiger partial charge in [0.1, 0.15) is 0 Å². The number of methoxy groups -OCH3 is 1. The summed E-state index contributed by atoms with van der Waals surface area (Å²) in [7, 11) is 1.50. The molecule has 0 amide bonds. The number of nitrogens with zero attached hydrogens (tertiary/aromatic N) is 1. The van der Waals surface area contributed by atoms with Crippen LogP contribution in [-0.2, 0) is 0 Å². The van der Waals surface area contributed by atoms with E-state index >= 15 is 0 Å². The third kappa shape index (κ3) is 3.72. The highest BCUT2D eigenvalue weighted by Gasteiger charge is 2.24. The molecule has 0 radical (unpaired) electrons. The lowest BCUT2D eigenvalue weighted by molar-refractivity contribution is 0.170. The summed E-state index contributed by atoms with van der Waals surface area (Å²) in [5, 5.41) is 3.31. The van der Waals surface area contributed by atoms with Crippen LogP contribution in [0.5, 0.6) is 5.75 Å². The van der Waals surface area contributed by atoms with E-state index in [4.69, 9.17) is 4.74 Å². The molecule has 1 aliphatic heterocycles. The fraction of sp³-hybridized carbons (Fsp3) is 0.467. The number of halogens is 2. The predicted molar refractivity (Wildman–Crippen MR) is 82.2 cm³/mol. The first-order valence-electron chi connectivity index (χ1n) is 6.66. The Morgan fingerprint density at radius 1 is 1.45 bits per heavy atom. The monoisotopic (exact) mass is 300 g/mol. The molecule has 0 unspecified atom stereocenters. The van der Waals surface area contributed by atoms with E-state index in [0.717, 1.165) is 32.6 Å². The minimum Gasteiger partial charge on any atom is -0.494 e. The summed E-state index contributed by atoms with van der Waals surface area (Å²) in [6.07, 6.45) is 2.59. The van der Waals surface area contributed by atoms with Crippen LogP contribution in [0.1, 0.15) is 18.0 Å². The third-order valence-electron chi connectivity index (χ3n) is 3.55. The van der Waals surface area contributed by atoms with Crippen molar-refractivity contribution in [3.05, 3.63) is 42.2 Å². The minimum atomic E-state index is -0.254. The molecule has 112 valence electrons. The average Bonchev–Trinajstić information content (AvgIpc) is 2.46. The van der Waals surface area contributed by atoms with Gasteiger partial charge in [-0.3, -0.25) is 4.90 Å². The van der Waals surface area contributed by atoms with Gasteiger partial charge < -0.3 is 10.1 Å². The van der Waals surface area contributed by atoms with Gasteiger partial charge in [-0.25, -0.2) is 4.39 Å². The number of piperazine rings is 1. The zero-order valence-corrected chi connectivity index (χ0v) is 12.6. The normalized spacial score (nSPS) is 17.1. The number of ether oxygens (including phenoxy) is 1. The summed E-state index contributed by atoms with van der Waals surface area (Å²) in [5.74, 6) is 0.0529. The highest BCUT2D eigenvalue weighted by Crippen LogP contribution is 2.31. The van der Waals surface area contributed by atoms with E-state index < -0.39 is 0 Å². The van der Waals surface area contributed by atoms with Gasteiger partial charge in [-0.1, -0.05) is 18.2 Å². The molecule has 1 N–H and O–H groups in total. The molecule has 0 saturated carbocycles. The molecule has 1 aromatic carbocycles. The van der Waals surface area contributed by atoms with Gasteiger partial charge in [0.15, 0.2) is 11.6 Å². The van der Waals surface area contributed by atoms with Crippen molar-refractivity contribution in [1.82, 2.24) is 10.2 Å². The Labute approximate surface area is 126 Å². The van der Waals surface area contributed by atoms with Crippen molar-refractivity contribution in [3.63, 3.8) is 0 Å². The third-order valence-corrected chi connectivity index (χ3v) is 3.55. The maximum Gasteiger partial charge on any atom is 0.169 e. The van der Waals surface area contributed by atoms with E-state index in [0.29, 0.717) is 11.3 Å². The molecule has 0 aromatic heterocycles. The second kappa shape index (κ2) is 8.25. The van der Waals surface area contributed by atoms with Crippen molar-refractivity contribution in [2.24, 2.45) is 0 Å². The Balaban J connectivity index is 0.00000200. The fourth-order valence-electron chi connectivity index (χ4n) is 2.57. The van der Waals surface area contributed by atoms with E-state index in [2.05, 4.69) is 16.8 Å². The quantitative estimate of drug-likeness (QED) is 0.846. The first-order valence-corrected chi connectivity index (χ1v) is 6.66. The van der Waals surface area contributed by atoms with Gasteiger partial charge in [0.2, 0.25) is 0 Å². The van der Waals surface area contributed by atoms with Crippen LogP contribution < -0.4 is 10.1 Å². The van der Waals surface area contributed by atoms with Crippen LogP contribution in [0.15, 0.2) is 30.9 Å². The summed E-state index contributed by atoms with van der Waals surface area (Å²) in [4.78, 5) is 2.30. The molecule has 20 heavy (non-hydrogen) atoms. The van der Waals surface area contributed by atoms with Crippen LogP contribution >= 0.6 is 12.4 Å². The molecule has 3 nitrogen and oxygen atoms in total. The number of hydrogen-bond donors (Lipinski definition) is 1. The number of rotatable bonds is 5. The lowest BCUT2D eigenvalue weighted by Crippen LogP contribution is -2.45. The lowest BCUT2D eigenvalue weighted by Gasteiger charge is -2.35. The van der Waals surface area contributed by atoms with Crippen LogP contribution in [0, 0.1) is 5.82 Å². The Morgan fingerprint density at radius 3 is 2.75 bits per heavy atom. The van der Waals surface area contributed by atoms with E-state index in [-0.39, 0.29) is 24.3 Å². The summed E-state index contributed by atoms with van der Waals surface area (Å²) in [6.45, 7) is 7.54. The van der Waals surface area contributed by atoms with Crippen molar-refractivity contribution in [2.75, 3.05) is 33.3 Å². The van der Waals surface area contributed by atoms with Gasteiger partial charge in [-0.15, -0.1) is 19.0 Å². The van der Waals surface area contributed by atoms with Crippen LogP contribution in [0.4, 0.5) is 4.39 Å².